The molecular formula is C4O12U2. The number of carboxylic acid groups (broad SMARTS) is 8. The van der Waals surface area contributed by atoms with E-state index in [1.165, 1.54) is 0 Å². The molecule has 0 saturated carbocycles. The number of carbonyl (C=O) groups is 4. The van der Waals surface area contributed by atoms with Gasteiger partial charge in [0.2, 0.25) is 0 Å². The summed E-state index contributed by atoms with van der Waals surface area (Å²) >= 11 is 0. The Hall–Kier alpha value is -0.816. The van der Waals surface area contributed by atoms with Crippen molar-refractivity contribution in [2.45, 2.75) is 0 Å². The molecule has 0 radical (unpaired) electrons. The van der Waals surface area contributed by atoms with Crippen molar-refractivity contribution in [1.29, 1.82) is 0 Å². The molecule has 0 aliphatic heterocycles. The zero-order chi connectivity index (χ0) is 14.3. The maximum atomic E-state index is 8.33. The molecule has 18 heavy (non-hydrogen) atoms. The Balaban J connectivity index is -0.0000000257. The van der Waals surface area contributed by atoms with Gasteiger partial charge in [-0.05, 0) is 24.6 Å². The van der Waals surface area contributed by atoms with Crippen molar-refractivity contribution in [3.63, 3.8) is 0 Å². The smallest absolute Gasteiger partial charge is 0.652 e. The van der Waals surface area contributed by atoms with Crippen LogP contribution in [0.25, 0.3) is 0 Å². The van der Waals surface area contributed by atoms with Crippen LogP contribution in [0.2, 0.25) is 0 Å². The summed E-state index contributed by atoms with van der Waals surface area (Å²) in [7, 11) is 0. The summed E-state index contributed by atoms with van der Waals surface area (Å²) in [5.74, 6) is 0. The average molecular weight is 716 g/mol. The third kappa shape index (κ3) is 4590. The minimum absolute atomic E-state index is 0. The van der Waals surface area contributed by atoms with E-state index in [0.29, 0.717) is 0 Å². The molecule has 0 unspecified atom stereocenters. The molecular weight excluding hydrogens is 716 g/mol. The third-order valence-corrected chi connectivity index (χ3v) is 0. The van der Waals surface area contributed by atoms with Gasteiger partial charge in [-0.3, -0.25) is 0 Å². The molecule has 0 amide bonds. The number of hydrogen-bond acceptors (Lipinski definition) is 12. The van der Waals surface area contributed by atoms with Crippen molar-refractivity contribution >= 4 is 24.6 Å². The first-order valence-electron chi connectivity index (χ1n) is 2.45. The standard InChI is InChI=1S/4CH2O3.2U/c4*2-1(3)4;;/h4*(H2,2,3,4);;/q;;;;2*+4/p-8. The fourth-order valence-corrected chi connectivity index (χ4v) is 0. The number of hydrogen-bond donors (Lipinski definition) is 0. The number of rotatable bonds is 0. The second-order valence-corrected chi connectivity index (χ2v) is 1.00. The van der Waals surface area contributed by atoms with Crippen LogP contribution in [0.15, 0.2) is 0 Å². The minimum Gasteiger partial charge on any atom is -0.652 e. The molecule has 0 aromatic carbocycles. The van der Waals surface area contributed by atoms with Crippen LogP contribution in [-0.2, 0) is 0 Å². The van der Waals surface area contributed by atoms with E-state index in [4.69, 9.17) is 60.0 Å². The van der Waals surface area contributed by atoms with Gasteiger partial charge in [-0.25, -0.2) is 0 Å². The molecule has 0 aromatic rings. The van der Waals surface area contributed by atoms with Crippen molar-refractivity contribution < 1.29 is 122 Å². The molecule has 12 nitrogen and oxygen atoms in total. The first-order valence-corrected chi connectivity index (χ1v) is 2.45. The fourth-order valence-electron chi connectivity index (χ4n) is 0. The first-order chi connectivity index (χ1) is 6.93. The summed E-state index contributed by atoms with van der Waals surface area (Å²) in [6, 6.07) is 0. The van der Waals surface area contributed by atoms with Crippen molar-refractivity contribution in [1.82, 2.24) is 0 Å². The first kappa shape index (κ1) is 36.0. The van der Waals surface area contributed by atoms with Crippen LogP contribution in [0.1, 0.15) is 0 Å². The second kappa shape index (κ2) is 29.8. The molecule has 0 aromatic heterocycles. The largest absolute Gasteiger partial charge is 4.00 e. The third-order valence-electron chi connectivity index (χ3n) is 0. The van der Waals surface area contributed by atoms with Gasteiger partial charge in [-0.2, -0.15) is 0 Å². The Morgan fingerprint density at radius 1 is 0.389 bits per heavy atom. The van der Waals surface area contributed by atoms with Crippen molar-refractivity contribution in [2.75, 3.05) is 0 Å². The van der Waals surface area contributed by atoms with E-state index in [9.17, 15) is 0 Å². The van der Waals surface area contributed by atoms with Crippen LogP contribution < -0.4 is 40.9 Å². The Kier molecular flexibility index (Phi) is 59.6. The van der Waals surface area contributed by atoms with Gasteiger partial charge in [0.1, 0.15) is 0 Å². The summed E-state index contributed by atoms with van der Waals surface area (Å²) < 4.78 is 0. The zero-order valence-electron chi connectivity index (χ0n) is 7.90. The summed E-state index contributed by atoms with van der Waals surface area (Å²) in [4.78, 5) is 33.3. The number of carbonyl (C=O) groups excluding carboxylic acids is 4. The van der Waals surface area contributed by atoms with E-state index in [-0.39, 0.29) is 62.2 Å². The van der Waals surface area contributed by atoms with E-state index in [0.717, 1.165) is 0 Å². The molecule has 0 fully saturated rings. The van der Waals surface area contributed by atoms with E-state index in [2.05, 4.69) is 0 Å². The summed E-state index contributed by atoms with van der Waals surface area (Å²) in [6.45, 7) is 0. The topological polar surface area (TPSA) is 253 Å². The second-order valence-electron chi connectivity index (χ2n) is 1.00. The van der Waals surface area contributed by atoms with Gasteiger partial charge < -0.3 is 60.0 Å². The molecule has 14 heteroatoms. The predicted molar refractivity (Wildman–Crippen MR) is 21.6 cm³/mol. The maximum absolute atomic E-state index is 8.33. The Labute approximate surface area is 146 Å². The van der Waals surface area contributed by atoms with Crippen molar-refractivity contribution in [3.05, 3.63) is 0 Å². The summed E-state index contributed by atoms with van der Waals surface area (Å²) in [6.07, 6.45) is -9.33. The molecule has 0 bridgehead atoms. The van der Waals surface area contributed by atoms with Crippen molar-refractivity contribution in [3.8, 4) is 0 Å². The van der Waals surface area contributed by atoms with Gasteiger partial charge >= 0.3 is 62.2 Å². The summed E-state index contributed by atoms with van der Waals surface area (Å²) in [5, 5.41) is 66.7. The Morgan fingerprint density at radius 3 is 0.389 bits per heavy atom. The normalized spacial score (nSPS) is 5.33. The molecule has 0 saturated heterocycles. The average Bonchev–Trinajstić information content (AvgIpc) is 1.76. The van der Waals surface area contributed by atoms with Crippen molar-refractivity contribution in [2.24, 2.45) is 0 Å². The van der Waals surface area contributed by atoms with Gasteiger partial charge in [0.25, 0.3) is 0 Å². The van der Waals surface area contributed by atoms with Crippen LogP contribution in [0.4, 0.5) is 19.2 Å². The predicted octanol–water partition coefficient (Wildman–Crippen LogP) is -9.79. The van der Waals surface area contributed by atoms with Crippen LogP contribution >= 0.6 is 0 Å². The van der Waals surface area contributed by atoms with Crippen LogP contribution in [0.3, 0.4) is 0 Å². The zero-order valence-corrected chi connectivity index (χ0v) is 16.2. The van der Waals surface area contributed by atoms with E-state index in [1.807, 2.05) is 0 Å². The van der Waals surface area contributed by atoms with E-state index >= 15 is 0 Å². The molecule has 0 spiro atoms. The molecule has 0 aliphatic carbocycles. The molecule has 0 heterocycles. The van der Waals surface area contributed by atoms with Gasteiger partial charge in [0.05, 0.1) is 0 Å². The van der Waals surface area contributed by atoms with Crippen LogP contribution in [0.5, 0.6) is 0 Å². The molecule has 0 atom stereocenters. The van der Waals surface area contributed by atoms with Crippen LogP contribution in [-0.4, -0.2) is 24.6 Å². The SMILES string of the molecule is O=C([O-])[O-].O=C([O-])[O-].O=C([O-])[O-].O=C([O-])[O-].[U+4].[U+4]. The summed E-state index contributed by atoms with van der Waals surface area (Å²) in [5.41, 5.74) is 0. The Morgan fingerprint density at radius 2 is 0.389 bits per heavy atom. The minimum atomic E-state index is -2.33. The van der Waals surface area contributed by atoms with Gasteiger partial charge in [0.15, 0.2) is 0 Å². The van der Waals surface area contributed by atoms with Crippen LogP contribution in [0, 0.1) is 62.2 Å². The van der Waals surface area contributed by atoms with E-state index < -0.39 is 24.6 Å². The molecule has 0 rings (SSSR count). The molecule has 96 valence electrons. The molecule has 0 N–H and O–H groups in total. The fraction of sp³-hybridized carbons (Fsp3) is 0. The van der Waals surface area contributed by atoms with Gasteiger partial charge in [0, 0.05) is 0 Å². The quantitative estimate of drug-likeness (QED) is 0.227. The van der Waals surface area contributed by atoms with Gasteiger partial charge in [-0.15, -0.1) is 0 Å². The Bertz CT molecular complexity index is 162. The van der Waals surface area contributed by atoms with Gasteiger partial charge in [-0.1, -0.05) is 0 Å². The maximum Gasteiger partial charge on any atom is 4.00 e. The molecule has 0 aliphatic rings. The monoisotopic (exact) mass is 716 g/mol. The van der Waals surface area contributed by atoms with E-state index in [1.54, 1.807) is 0 Å².